The molecular formula is C11H12ClN3O2. The minimum Gasteiger partial charge on any atom is -0.369 e. The van der Waals surface area contributed by atoms with Crippen molar-refractivity contribution in [3.05, 3.63) is 29.0 Å². The van der Waals surface area contributed by atoms with Crippen LogP contribution >= 0.6 is 11.6 Å². The quantitative estimate of drug-likeness (QED) is 0.783. The molecule has 0 bridgehead atoms. The van der Waals surface area contributed by atoms with Gasteiger partial charge in [-0.05, 0) is 11.6 Å². The maximum atomic E-state index is 11.8. The molecule has 5 nitrogen and oxygen atoms in total. The Morgan fingerprint density at radius 2 is 2.24 bits per heavy atom. The van der Waals surface area contributed by atoms with Gasteiger partial charge in [0.15, 0.2) is 0 Å². The first kappa shape index (κ1) is 11.9. The van der Waals surface area contributed by atoms with Crippen LogP contribution in [-0.2, 0) is 16.0 Å². The van der Waals surface area contributed by atoms with Crippen molar-refractivity contribution < 1.29 is 9.59 Å². The number of carbonyl (C=O) groups excluding carboxylic acids is 2. The van der Waals surface area contributed by atoms with Gasteiger partial charge in [-0.3, -0.25) is 9.59 Å². The number of aromatic nitrogens is 1. The first-order chi connectivity index (χ1) is 8.08. The summed E-state index contributed by atoms with van der Waals surface area (Å²) in [5.74, 6) is -0.616. The van der Waals surface area contributed by atoms with E-state index in [1.807, 2.05) is 0 Å². The Kier molecular flexibility index (Phi) is 3.28. The molecule has 0 atom stereocenters. The van der Waals surface area contributed by atoms with Gasteiger partial charge < -0.3 is 10.6 Å². The first-order valence-electron chi connectivity index (χ1n) is 5.24. The van der Waals surface area contributed by atoms with Crippen LogP contribution in [0.5, 0.6) is 0 Å². The largest absolute Gasteiger partial charge is 0.369 e. The number of likely N-dealkylation sites (tertiary alicyclic amines) is 1. The molecular weight excluding hydrogens is 242 g/mol. The summed E-state index contributed by atoms with van der Waals surface area (Å²) >= 11 is 5.86. The zero-order chi connectivity index (χ0) is 12.4. The zero-order valence-corrected chi connectivity index (χ0v) is 9.85. The molecule has 0 radical (unpaired) electrons. The van der Waals surface area contributed by atoms with Gasteiger partial charge in [0.1, 0.15) is 5.15 Å². The standard InChI is InChI=1S/C11H12ClN3O2/c12-10-7(2-1-3-14-10)4-9(16)15-5-8(6-15)11(13)17/h1-3,8H,4-6H2,(H2,13,17). The Hall–Kier alpha value is -1.62. The molecule has 0 aliphatic carbocycles. The molecule has 2 N–H and O–H groups in total. The van der Waals surface area contributed by atoms with Crippen molar-refractivity contribution in [2.45, 2.75) is 6.42 Å². The van der Waals surface area contributed by atoms with E-state index in [-0.39, 0.29) is 24.2 Å². The highest BCUT2D eigenvalue weighted by molar-refractivity contribution is 6.30. The van der Waals surface area contributed by atoms with Gasteiger partial charge in [0.2, 0.25) is 11.8 Å². The van der Waals surface area contributed by atoms with Crippen molar-refractivity contribution in [2.75, 3.05) is 13.1 Å². The summed E-state index contributed by atoms with van der Waals surface area (Å²) in [6.07, 6.45) is 1.78. The van der Waals surface area contributed by atoms with Crippen LogP contribution in [-0.4, -0.2) is 34.8 Å². The van der Waals surface area contributed by atoms with E-state index in [1.54, 1.807) is 23.2 Å². The molecule has 1 aliphatic rings. The van der Waals surface area contributed by atoms with Crippen molar-refractivity contribution in [1.82, 2.24) is 9.88 Å². The van der Waals surface area contributed by atoms with Crippen LogP contribution in [0.2, 0.25) is 5.15 Å². The lowest BCUT2D eigenvalue weighted by Gasteiger charge is -2.37. The third-order valence-corrected chi connectivity index (χ3v) is 3.15. The zero-order valence-electron chi connectivity index (χ0n) is 9.10. The fourth-order valence-corrected chi connectivity index (χ4v) is 1.87. The molecule has 90 valence electrons. The van der Waals surface area contributed by atoms with Gasteiger partial charge in [0.25, 0.3) is 0 Å². The van der Waals surface area contributed by atoms with Crippen LogP contribution in [0.25, 0.3) is 0 Å². The Morgan fingerprint density at radius 3 is 2.82 bits per heavy atom. The topological polar surface area (TPSA) is 76.3 Å². The van der Waals surface area contributed by atoms with Gasteiger partial charge in [0.05, 0.1) is 12.3 Å². The molecule has 0 saturated carbocycles. The minimum atomic E-state index is -0.353. The van der Waals surface area contributed by atoms with E-state index < -0.39 is 0 Å². The van der Waals surface area contributed by atoms with Crippen molar-refractivity contribution in [3.8, 4) is 0 Å². The van der Waals surface area contributed by atoms with E-state index in [0.717, 1.165) is 0 Å². The number of nitrogens with two attached hydrogens (primary N) is 1. The minimum absolute atomic E-state index is 0.0580. The van der Waals surface area contributed by atoms with Gasteiger partial charge in [-0.2, -0.15) is 0 Å². The van der Waals surface area contributed by atoms with E-state index in [0.29, 0.717) is 23.8 Å². The van der Waals surface area contributed by atoms with Gasteiger partial charge >= 0.3 is 0 Å². The van der Waals surface area contributed by atoms with E-state index >= 15 is 0 Å². The molecule has 1 aliphatic heterocycles. The lowest BCUT2D eigenvalue weighted by molar-refractivity contribution is -0.141. The van der Waals surface area contributed by atoms with Gasteiger partial charge in [-0.25, -0.2) is 4.98 Å². The van der Waals surface area contributed by atoms with Crippen LogP contribution in [0.3, 0.4) is 0 Å². The Bertz CT molecular complexity index is 458. The van der Waals surface area contributed by atoms with Crippen molar-refractivity contribution in [2.24, 2.45) is 11.7 Å². The lowest BCUT2D eigenvalue weighted by atomic mass is 9.98. The molecule has 1 aromatic heterocycles. The molecule has 0 aromatic carbocycles. The van der Waals surface area contributed by atoms with E-state index in [4.69, 9.17) is 17.3 Å². The monoisotopic (exact) mass is 253 g/mol. The number of halogens is 1. The Labute approximate surface area is 104 Å². The summed E-state index contributed by atoms with van der Waals surface area (Å²) in [5.41, 5.74) is 5.82. The maximum absolute atomic E-state index is 11.8. The van der Waals surface area contributed by atoms with Crippen molar-refractivity contribution in [1.29, 1.82) is 0 Å². The fraction of sp³-hybridized carbons (Fsp3) is 0.364. The number of hydrogen-bond acceptors (Lipinski definition) is 3. The van der Waals surface area contributed by atoms with E-state index in [2.05, 4.69) is 4.98 Å². The molecule has 17 heavy (non-hydrogen) atoms. The predicted molar refractivity (Wildman–Crippen MR) is 62.2 cm³/mol. The fourth-order valence-electron chi connectivity index (χ4n) is 1.69. The van der Waals surface area contributed by atoms with Crippen molar-refractivity contribution >= 4 is 23.4 Å². The maximum Gasteiger partial charge on any atom is 0.227 e. The van der Waals surface area contributed by atoms with Crippen molar-refractivity contribution in [3.63, 3.8) is 0 Å². The van der Waals surface area contributed by atoms with Crippen LogP contribution in [0, 0.1) is 5.92 Å². The second-order valence-electron chi connectivity index (χ2n) is 4.03. The second-order valence-corrected chi connectivity index (χ2v) is 4.39. The second kappa shape index (κ2) is 4.71. The molecule has 0 unspecified atom stereocenters. The highest BCUT2D eigenvalue weighted by Gasteiger charge is 2.34. The van der Waals surface area contributed by atoms with E-state index in [1.165, 1.54) is 0 Å². The highest BCUT2D eigenvalue weighted by Crippen LogP contribution is 2.18. The smallest absolute Gasteiger partial charge is 0.227 e. The number of rotatable bonds is 3. The summed E-state index contributed by atoms with van der Waals surface area (Å²) in [4.78, 5) is 28.1. The number of nitrogens with zero attached hydrogens (tertiary/aromatic N) is 2. The highest BCUT2D eigenvalue weighted by atomic mass is 35.5. The van der Waals surface area contributed by atoms with E-state index in [9.17, 15) is 9.59 Å². The van der Waals surface area contributed by atoms with Crippen LogP contribution in [0.1, 0.15) is 5.56 Å². The molecule has 6 heteroatoms. The molecule has 0 spiro atoms. The van der Waals surface area contributed by atoms with Gasteiger partial charge in [0, 0.05) is 19.3 Å². The number of amides is 2. The number of carbonyl (C=O) groups is 2. The molecule has 2 amide bonds. The number of pyridine rings is 1. The number of primary amides is 1. The first-order valence-corrected chi connectivity index (χ1v) is 5.62. The summed E-state index contributed by atoms with van der Waals surface area (Å²) in [6.45, 7) is 0.818. The molecule has 2 heterocycles. The summed E-state index contributed by atoms with van der Waals surface area (Å²) in [6, 6.07) is 3.50. The summed E-state index contributed by atoms with van der Waals surface area (Å²) in [7, 11) is 0. The normalized spacial score (nSPS) is 15.5. The Morgan fingerprint density at radius 1 is 1.53 bits per heavy atom. The van der Waals surface area contributed by atoms with Crippen LogP contribution in [0.4, 0.5) is 0 Å². The SMILES string of the molecule is NC(=O)C1CN(C(=O)Cc2cccnc2Cl)C1. The third kappa shape index (κ3) is 2.55. The summed E-state index contributed by atoms with van der Waals surface area (Å²) < 4.78 is 0. The number of hydrogen-bond donors (Lipinski definition) is 1. The predicted octanol–water partition coefficient (Wildman–Crippen LogP) is 0.221. The molecule has 1 aromatic rings. The average molecular weight is 254 g/mol. The van der Waals surface area contributed by atoms with Crippen LogP contribution < -0.4 is 5.73 Å². The summed E-state index contributed by atoms with van der Waals surface area (Å²) in [5, 5.41) is 0.341. The Balaban J connectivity index is 1.91. The van der Waals surface area contributed by atoms with Gasteiger partial charge in [-0.15, -0.1) is 0 Å². The third-order valence-electron chi connectivity index (χ3n) is 2.81. The lowest BCUT2D eigenvalue weighted by Crippen LogP contribution is -2.55. The molecule has 1 fully saturated rings. The molecule has 2 rings (SSSR count). The van der Waals surface area contributed by atoms with Crippen LogP contribution in [0.15, 0.2) is 18.3 Å². The van der Waals surface area contributed by atoms with Gasteiger partial charge in [-0.1, -0.05) is 17.7 Å². The average Bonchev–Trinajstić information content (AvgIpc) is 2.18. The molecule has 1 saturated heterocycles.